The van der Waals surface area contributed by atoms with Crippen molar-refractivity contribution in [1.82, 2.24) is 10.3 Å². The van der Waals surface area contributed by atoms with Gasteiger partial charge in [0, 0.05) is 24.6 Å². The van der Waals surface area contributed by atoms with Crippen molar-refractivity contribution in [1.29, 1.82) is 0 Å². The van der Waals surface area contributed by atoms with Gasteiger partial charge in [-0.15, -0.1) is 0 Å². The molecule has 0 saturated heterocycles. The quantitative estimate of drug-likeness (QED) is 0.856. The van der Waals surface area contributed by atoms with Gasteiger partial charge in [-0.1, -0.05) is 39.0 Å². The molecule has 2 amide bonds. The average molecular weight is 325 g/mol. The van der Waals surface area contributed by atoms with Crippen LogP contribution >= 0.6 is 0 Å². The third kappa shape index (κ3) is 4.65. The van der Waals surface area contributed by atoms with Crippen molar-refractivity contribution in [3.63, 3.8) is 0 Å². The first kappa shape index (κ1) is 17.7. The van der Waals surface area contributed by atoms with Crippen molar-refractivity contribution in [2.24, 2.45) is 5.92 Å². The minimum atomic E-state index is -0.276. The van der Waals surface area contributed by atoms with Gasteiger partial charge < -0.3 is 10.6 Å². The standard InChI is InChI=1S/C19H23N3O2/c1-4-14-7-5-6-8-17(14)22-19(24)16-9-15(11-20-12-16)18(23)21-10-13(2)3/h5-9,11-13H,4,10H2,1-3H3,(H,21,23)(H,22,24). The summed E-state index contributed by atoms with van der Waals surface area (Å²) in [5.41, 5.74) is 2.58. The fourth-order valence-electron chi connectivity index (χ4n) is 2.23. The molecule has 0 aliphatic heterocycles. The SMILES string of the molecule is CCc1ccccc1NC(=O)c1cncc(C(=O)NCC(C)C)c1. The van der Waals surface area contributed by atoms with Gasteiger partial charge in [0.25, 0.3) is 11.8 Å². The van der Waals surface area contributed by atoms with E-state index in [4.69, 9.17) is 0 Å². The highest BCUT2D eigenvalue weighted by atomic mass is 16.2. The summed E-state index contributed by atoms with van der Waals surface area (Å²) in [6.45, 7) is 6.66. The number of hydrogen-bond donors (Lipinski definition) is 2. The van der Waals surface area contributed by atoms with Gasteiger partial charge in [-0.05, 0) is 30.0 Å². The number of aromatic nitrogens is 1. The molecule has 0 unspecified atom stereocenters. The van der Waals surface area contributed by atoms with Crippen LogP contribution in [0.15, 0.2) is 42.7 Å². The van der Waals surface area contributed by atoms with Crippen molar-refractivity contribution in [3.8, 4) is 0 Å². The number of anilines is 1. The molecule has 1 aromatic carbocycles. The summed E-state index contributed by atoms with van der Waals surface area (Å²) in [5.74, 6) is -0.138. The van der Waals surface area contributed by atoms with Crippen molar-refractivity contribution in [3.05, 3.63) is 59.4 Å². The molecule has 2 rings (SSSR count). The highest BCUT2D eigenvalue weighted by Crippen LogP contribution is 2.16. The second-order valence-corrected chi connectivity index (χ2v) is 6.03. The van der Waals surface area contributed by atoms with Crippen LogP contribution in [0.5, 0.6) is 0 Å². The molecule has 126 valence electrons. The Morgan fingerprint density at radius 1 is 1.08 bits per heavy atom. The Balaban J connectivity index is 2.13. The van der Waals surface area contributed by atoms with E-state index in [1.54, 1.807) is 6.07 Å². The number of amides is 2. The zero-order valence-corrected chi connectivity index (χ0v) is 14.3. The smallest absolute Gasteiger partial charge is 0.257 e. The van der Waals surface area contributed by atoms with E-state index in [2.05, 4.69) is 15.6 Å². The number of hydrogen-bond acceptors (Lipinski definition) is 3. The lowest BCUT2D eigenvalue weighted by molar-refractivity contribution is 0.0948. The first-order valence-electron chi connectivity index (χ1n) is 8.13. The fourth-order valence-corrected chi connectivity index (χ4v) is 2.23. The van der Waals surface area contributed by atoms with E-state index in [0.29, 0.717) is 23.6 Å². The molecule has 2 N–H and O–H groups in total. The van der Waals surface area contributed by atoms with Crippen molar-refractivity contribution >= 4 is 17.5 Å². The minimum Gasteiger partial charge on any atom is -0.352 e. The Morgan fingerprint density at radius 3 is 2.42 bits per heavy atom. The molecule has 0 fully saturated rings. The molecule has 0 saturated carbocycles. The summed E-state index contributed by atoms with van der Waals surface area (Å²) in [4.78, 5) is 28.6. The summed E-state index contributed by atoms with van der Waals surface area (Å²) in [5, 5.41) is 5.71. The zero-order chi connectivity index (χ0) is 17.5. The zero-order valence-electron chi connectivity index (χ0n) is 14.3. The number of para-hydroxylation sites is 1. The third-order valence-corrected chi connectivity index (χ3v) is 3.58. The topological polar surface area (TPSA) is 71.1 Å². The number of nitrogens with one attached hydrogen (secondary N) is 2. The molecule has 0 aliphatic carbocycles. The van der Waals surface area contributed by atoms with Gasteiger partial charge >= 0.3 is 0 Å². The fraction of sp³-hybridized carbons (Fsp3) is 0.316. The van der Waals surface area contributed by atoms with Crippen molar-refractivity contribution in [2.45, 2.75) is 27.2 Å². The molecule has 0 spiro atoms. The lowest BCUT2D eigenvalue weighted by Gasteiger charge is -2.11. The van der Waals surface area contributed by atoms with E-state index in [-0.39, 0.29) is 11.8 Å². The van der Waals surface area contributed by atoms with E-state index < -0.39 is 0 Å². The van der Waals surface area contributed by atoms with E-state index in [9.17, 15) is 9.59 Å². The van der Waals surface area contributed by atoms with Gasteiger partial charge in [0.1, 0.15) is 0 Å². The van der Waals surface area contributed by atoms with Gasteiger partial charge in [0.15, 0.2) is 0 Å². The van der Waals surface area contributed by atoms with Gasteiger partial charge in [0.2, 0.25) is 0 Å². The summed E-state index contributed by atoms with van der Waals surface area (Å²) in [7, 11) is 0. The maximum absolute atomic E-state index is 12.4. The van der Waals surface area contributed by atoms with Crippen LogP contribution in [0.3, 0.4) is 0 Å². The van der Waals surface area contributed by atoms with Gasteiger partial charge in [0.05, 0.1) is 11.1 Å². The first-order valence-corrected chi connectivity index (χ1v) is 8.13. The van der Waals surface area contributed by atoms with E-state index in [1.807, 2.05) is 45.0 Å². The summed E-state index contributed by atoms with van der Waals surface area (Å²) >= 11 is 0. The second-order valence-electron chi connectivity index (χ2n) is 6.03. The molecule has 24 heavy (non-hydrogen) atoms. The number of benzene rings is 1. The molecule has 0 radical (unpaired) electrons. The number of pyridine rings is 1. The van der Waals surface area contributed by atoms with E-state index in [0.717, 1.165) is 17.7 Å². The molecule has 0 bridgehead atoms. The van der Waals surface area contributed by atoms with Crippen LogP contribution in [0.25, 0.3) is 0 Å². The van der Waals surface area contributed by atoms with Crippen LogP contribution in [0.4, 0.5) is 5.69 Å². The monoisotopic (exact) mass is 325 g/mol. The minimum absolute atomic E-state index is 0.222. The highest BCUT2D eigenvalue weighted by molar-refractivity contribution is 6.06. The molecule has 5 nitrogen and oxygen atoms in total. The van der Waals surface area contributed by atoms with Crippen LogP contribution in [0.1, 0.15) is 47.1 Å². The predicted molar refractivity (Wildman–Crippen MR) is 95.2 cm³/mol. The number of carbonyl (C=O) groups excluding carboxylic acids is 2. The maximum atomic E-state index is 12.4. The van der Waals surface area contributed by atoms with E-state index in [1.165, 1.54) is 12.4 Å². The molecule has 2 aromatic rings. The first-order chi connectivity index (χ1) is 11.5. The average Bonchev–Trinajstić information content (AvgIpc) is 2.60. The number of aryl methyl sites for hydroxylation is 1. The largest absolute Gasteiger partial charge is 0.352 e. The number of carbonyl (C=O) groups is 2. The normalized spacial score (nSPS) is 10.5. The van der Waals surface area contributed by atoms with Gasteiger partial charge in [-0.2, -0.15) is 0 Å². The molecule has 0 aliphatic rings. The summed E-state index contributed by atoms with van der Waals surface area (Å²) in [6.07, 6.45) is 3.75. The molecular formula is C19H23N3O2. The number of nitrogens with zero attached hydrogens (tertiary/aromatic N) is 1. The second kappa shape index (κ2) is 8.24. The molecule has 1 aromatic heterocycles. The number of rotatable bonds is 6. The van der Waals surface area contributed by atoms with Crippen LogP contribution < -0.4 is 10.6 Å². The lowest BCUT2D eigenvalue weighted by atomic mass is 10.1. The van der Waals surface area contributed by atoms with Crippen LogP contribution in [-0.2, 0) is 6.42 Å². The molecule has 5 heteroatoms. The van der Waals surface area contributed by atoms with Crippen molar-refractivity contribution < 1.29 is 9.59 Å². The molecular weight excluding hydrogens is 302 g/mol. The Kier molecular flexibility index (Phi) is 6.07. The summed E-state index contributed by atoms with van der Waals surface area (Å²) in [6, 6.07) is 9.22. The van der Waals surface area contributed by atoms with Crippen molar-refractivity contribution in [2.75, 3.05) is 11.9 Å². The Morgan fingerprint density at radius 2 is 1.75 bits per heavy atom. The summed E-state index contributed by atoms with van der Waals surface area (Å²) < 4.78 is 0. The Labute approximate surface area is 142 Å². The van der Waals surface area contributed by atoms with Gasteiger partial charge in [-0.25, -0.2) is 0 Å². The third-order valence-electron chi connectivity index (χ3n) is 3.58. The lowest BCUT2D eigenvalue weighted by Crippen LogP contribution is -2.27. The van der Waals surface area contributed by atoms with E-state index >= 15 is 0 Å². The van der Waals surface area contributed by atoms with Gasteiger partial charge in [-0.3, -0.25) is 14.6 Å². The Hall–Kier alpha value is -2.69. The maximum Gasteiger partial charge on any atom is 0.257 e. The predicted octanol–water partition coefficient (Wildman–Crippen LogP) is 3.28. The highest BCUT2D eigenvalue weighted by Gasteiger charge is 2.12. The van der Waals surface area contributed by atoms with Crippen LogP contribution in [-0.4, -0.2) is 23.3 Å². The van der Waals surface area contributed by atoms with Crippen LogP contribution in [0.2, 0.25) is 0 Å². The van der Waals surface area contributed by atoms with Crippen LogP contribution in [0, 0.1) is 5.92 Å². The molecule has 1 heterocycles. The molecule has 0 atom stereocenters. The Bertz CT molecular complexity index is 726.